The van der Waals surface area contributed by atoms with E-state index in [-0.39, 0.29) is 18.4 Å². The molecule has 0 bridgehead atoms. The predicted molar refractivity (Wildman–Crippen MR) is 78.7 cm³/mol. The summed E-state index contributed by atoms with van der Waals surface area (Å²) in [6, 6.07) is 3.52. The Morgan fingerprint density at radius 3 is 2.90 bits per heavy atom. The largest absolute Gasteiger partial charge is 0.493 e. The highest BCUT2D eigenvalue weighted by Crippen LogP contribution is 2.40. The number of ether oxygens (including phenoxy) is 2. The molecule has 1 aliphatic rings. The quantitative estimate of drug-likeness (QED) is 0.913. The highest BCUT2D eigenvalue weighted by Gasteiger charge is 2.29. The lowest BCUT2D eigenvalue weighted by molar-refractivity contribution is -0.117. The van der Waals surface area contributed by atoms with Gasteiger partial charge in [0.25, 0.3) is 0 Å². The van der Waals surface area contributed by atoms with Gasteiger partial charge in [0, 0.05) is 0 Å². The van der Waals surface area contributed by atoms with Crippen LogP contribution in [0.15, 0.2) is 22.9 Å². The third-order valence-corrected chi connectivity index (χ3v) is 3.93. The Morgan fingerprint density at radius 1 is 1.38 bits per heavy atom. The fourth-order valence-corrected chi connectivity index (χ4v) is 3.02. The van der Waals surface area contributed by atoms with Crippen LogP contribution in [0.1, 0.15) is 18.0 Å². The molecule has 1 amide bonds. The molecule has 1 aromatic heterocycles. The molecule has 0 fully saturated rings. The van der Waals surface area contributed by atoms with Crippen molar-refractivity contribution >= 4 is 27.8 Å². The second-order valence-corrected chi connectivity index (χ2v) is 5.39. The monoisotopic (exact) mass is 352 g/mol. The third kappa shape index (κ3) is 2.35. The molecule has 0 unspecified atom stereocenters. The van der Waals surface area contributed by atoms with Gasteiger partial charge in [-0.15, -0.1) is 0 Å². The number of aromatic nitrogens is 3. The first kappa shape index (κ1) is 13.9. The number of hydrogen-bond donors (Lipinski definition) is 1. The molecule has 0 saturated heterocycles. The van der Waals surface area contributed by atoms with E-state index < -0.39 is 0 Å². The number of benzene rings is 1. The number of nitrogens with one attached hydrogen (secondary N) is 1. The van der Waals surface area contributed by atoms with Crippen molar-refractivity contribution in [2.75, 3.05) is 19.5 Å². The highest BCUT2D eigenvalue weighted by molar-refractivity contribution is 9.10. The summed E-state index contributed by atoms with van der Waals surface area (Å²) in [7, 11) is 3.15. The van der Waals surface area contributed by atoms with Gasteiger partial charge in [-0.3, -0.25) is 10.1 Å². The number of fused-ring (bicyclic) bond motifs is 1. The molecule has 2 aromatic rings. The van der Waals surface area contributed by atoms with Gasteiger partial charge in [0.05, 0.1) is 31.2 Å². The smallest absolute Gasteiger partial charge is 0.229 e. The number of methoxy groups -OCH3 is 2. The van der Waals surface area contributed by atoms with Crippen LogP contribution in [0.5, 0.6) is 11.5 Å². The molecular weight excluding hydrogens is 340 g/mol. The van der Waals surface area contributed by atoms with Crippen LogP contribution in [-0.2, 0) is 4.79 Å². The minimum atomic E-state index is -0.229. The Morgan fingerprint density at radius 2 is 2.19 bits per heavy atom. The van der Waals surface area contributed by atoms with Crippen molar-refractivity contribution < 1.29 is 14.3 Å². The van der Waals surface area contributed by atoms with Gasteiger partial charge in [-0.05, 0) is 33.6 Å². The van der Waals surface area contributed by atoms with Crippen molar-refractivity contribution in [1.29, 1.82) is 0 Å². The van der Waals surface area contributed by atoms with Crippen molar-refractivity contribution in [2.24, 2.45) is 0 Å². The SMILES string of the molecule is COc1cc([C@@H]2CC(=O)Nc3ncnn32)cc(Br)c1OC. The zero-order valence-electron chi connectivity index (χ0n) is 11.5. The van der Waals surface area contributed by atoms with Gasteiger partial charge in [-0.1, -0.05) is 0 Å². The lowest BCUT2D eigenvalue weighted by Gasteiger charge is -2.24. The molecular formula is C13H13BrN4O3. The molecule has 8 heteroatoms. The van der Waals surface area contributed by atoms with E-state index in [0.29, 0.717) is 17.4 Å². The Balaban J connectivity index is 2.10. The first-order valence-electron chi connectivity index (χ1n) is 6.24. The van der Waals surface area contributed by atoms with Gasteiger partial charge in [0.15, 0.2) is 11.5 Å². The van der Waals surface area contributed by atoms with Crippen LogP contribution < -0.4 is 14.8 Å². The minimum absolute atomic E-state index is 0.0913. The summed E-state index contributed by atoms with van der Waals surface area (Å²) in [6.45, 7) is 0. The van der Waals surface area contributed by atoms with E-state index in [4.69, 9.17) is 9.47 Å². The van der Waals surface area contributed by atoms with Crippen molar-refractivity contribution in [1.82, 2.24) is 14.8 Å². The number of amides is 1. The summed E-state index contributed by atoms with van der Waals surface area (Å²) in [5.74, 6) is 1.56. The molecule has 7 nitrogen and oxygen atoms in total. The van der Waals surface area contributed by atoms with Crippen molar-refractivity contribution in [3.63, 3.8) is 0 Å². The van der Waals surface area contributed by atoms with Crippen molar-refractivity contribution in [3.05, 3.63) is 28.5 Å². The molecule has 3 rings (SSSR count). The molecule has 1 aromatic carbocycles. The summed E-state index contributed by atoms with van der Waals surface area (Å²) >= 11 is 3.46. The summed E-state index contributed by atoms with van der Waals surface area (Å²) in [5.41, 5.74) is 0.890. The standard InChI is InChI=1S/C13H13BrN4O3/c1-20-10-4-7(3-8(14)12(10)21-2)9-5-11(19)17-13-15-6-16-18(9)13/h3-4,6,9H,5H2,1-2H3,(H,15,16,17,19)/t9-/m0/s1. The fraction of sp³-hybridized carbons (Fsp3) is 0.308. The Hall–Kier alpha value is -2.09. The highest BCUT2D eigenvalue weighted by atomic mass is 79.9. The van der Waals surface area contributed by atoms with Crippen LogP contribution in [-0.4, -0.2) is 34.9 Å². The van der Waals surface area contributed by atoms with Gasteiger partial charge >= 0.3 is 0 Å². The average molecular weight is 353 g/mol. The topological polar surface area (TPSA) is 78.3 Å². The van der Waals surface area contributed by atoms with Gasteiger partial charge < -0.3 is 9.47 Å². The zero-order chi connectivity index (χ0) is 15.0. The Bertz CT molecular complexity index is 701. The van der Waals surface area contributed by atoms with E-state index in [1.54, 1.807) is 18.9 Å². The Kier molecular flexibility index (Phi) is 3.54. The molecule has 1 aliphatic heterocycles. The first-order valence-corrected chi connectivity index (χ1v) is 7.04. The lowest BCUT2D eigenvalue weighted by atomic mass is 10.0. The fourth-order valence-electron chi connectivity index (χ4n) is 2.39. The number of halogens is 1. The molecule has 2 heterocycles. The van der Waals surface area contributed by atoms with Crippen LogP contribution in [0.3, 0.4) is 0 Å². The second-order valence-electron chi connectivity index (χ2n) is 4.53. The number of nitrogens with zero attached hydrogens (tertiary/aromatic N) is 3. The van der Waals surface area contributed by atoms with Gasteiger partial charge in [0.2, 0.25) is 11.9 Å². The maximum absolute atomic E-state index is 11.8. The summed E-state index contributed by atoms with van der Waals surface area (Å²) in [6.07, 6.45) is 1.71. The molecule has 21 heavy (non-hydrogen) atoms. The number of rotatable bonds is 3. The summed E-state index contributed by atoms with van der Waals surface area (Å²) in [5, 5.41) is 6.87. The van der Waals surface area contributed by atoms with Crippen LogP contribution in [0.4, 0.5) is 5.95 Å². The predicted octanol–water partition coefficient (Wildman–Crippen LogP) is 1.99. The van der Waals surface area contributed by atoms with Gasteiger partial charge in [0.1, 0.15) is 6.33 Å². The van der Waals surface area contributed by atoms with Crippen LogP contribution in [0.25, 0.3) is 0 Å². The number of carbonyl (C=O) groups is 1. The van der Waals surface area contributed by atoms with Crippen LogP contribution in [0, 0.1) is 0 Å². The number of anilines is 1. The van der Waals surface area contributed by atoms with Crippen molar-refractivity contribution in [2.45, 2.75) is 12.5 Å². The van der Waals surface area contributed by atoms with Crippen LogP contribution >= 0.6 is 15.9 Å². The second kappa shape index (κ2) is 5.36. The third-order valence-electron chi connectivity index (χ3n) is 3.34. The zero-order valence-corrected chi connectivity index (χ0v) is 13.0. The van der Waals surface area contributed by atoms with E-state index in [9.17, 15) is 4.79 Å². The maximum atomic E-state index is 11.8. The molecule has 0 aliphatic carbocycles. The van der Waals surface area contributed by atoms with E-state index in [1.807, 2.05) is 12.1 Å². The van der Waals surface area contributed by atoms with Gasteiger partial charge in [-0.2, -0.15) is 10.1 Å². The molecule has 1 N–H and O–H groups in total. The molecule has 1 atom stereocenters. The van der Waals surface area contributed by atoms with E-state index in [2.05, 4.69) is 31.3 Å². The first-order chi connectivity index (χ1) is 10.1. The van der Waals surface area contributed by atoms with Crippen LogP contribution in [0.2, 0.25) is 0 Å². The molecule has 0 radical (unpaired) electrons. The molecule has 0 spiro atoms. The minimum Gasteiger partial charge on any atom is -0.493 e. The summed E-state index contributed by atoms with van der Waals surface area (Å²) in [4.78, 5) is 15.8. The number of hydrogen-bond acceptors (Lipinski definition) is 5. The van der Waals surface area contributed by atoms with E-state index in [1.165, 1.54) is 6.33 Å². The summed E-state index contributed by atoms with van der Waals surface area (Å²) < 4.78 is 13.1. The Labute approximate surface area is 129 Å². The van der Waals surface area contributed by atoms with E-state index >= 15 is 0 Å². The molecule has 110 valence electrons. The molecule has 0 saturated carbocycles. The normalized spacial score (nSPS) is 17.1. The maximum Gasteiger partial charge on any atom is 0.229 e. The van der Waals surface area contributed by atoms with E-state index in [0.717, 1.165) is 10.0 Å². The lowest BCUT2D eigenvalue weighted by Crippen LogP contribution is -2.29. The van der Waals surface area contributed by atoms with Crippen molar-refractivity contribution in [3.8, 4) is 11.5 Å². The average Bonchev–Trinajstić information content (AvgIpc) is 2.93. The van der Waals surface area contributed by atoms with Gasteiger partial charge in [-0.25, -0.2) is 4.68 Å². The number of carbonyl (C=O) groups excluding carboxylic acids is 1.